The van der Waals surface area contributed by atoms with Crippen LogP contribution in [-0.2, 0) is 14.3 Å². The number of benzene rings is 1. The molecular weight excluding hydrogens is 273 g/mol. The molecule has 21 heavy (non-hydrogen) atoms. The van der Waals surface area contributed by atoms with E-state index in [9.17, 15) is 14.4 Å². The second-order valence-corrected chi connectivity index (χ2v) is 4.05. The Morgan fingerprint density at radius 2 is 1.95 bits per heavy atom. The summed E-state index contributed by atoms with van der Waals surface area (Å²) in [6.45, 7) is 1.46. The van der Waals surface area contributed by atoms with Gasteiger partial charge < -0.3 is 19.6 Å². The zero-order valence-corrected chi connectivity index (χ0v) is 11.7. The van der Waals surface area contributed by atoms with Gasteiger partial charge in [-0.15, -0.1) is 0 Å². The summed E-state index contributed by atoms with van der Waals surface area (Å²) in [6, 6.07) is 5.71. The predicted molar refractivity (Wildman–Crippen MR) is 76.9 cm³/mol. The lowest BCUT2D eigenvalue weighted by Crippen LogP contribution is -2.40. The number of hydrogen-bond acceptors (Lipinski definition) is 5. The minimum absolute atomic E-state index is 0.249. The zero-order chi connectivity index (χ0) is 15.8. The number of hydrogen-bond donors (Lipinski definition) is 1. The van der Waals surface area contributed by atoms with Crippen molar-refractivity contribution in [1.29, 1.82) is 0 Å². The Morgan fingerprint density at radius 3 is 2.57 bits per heavy atom. The highest BCUT2D eigenvalue weighted by Crippen LogP contribution is 2.20. The van der Waals surface area contributed by atoms with Gasteiger partial charge in [0, 0.05) is 5.56 Å². The second-order valence-electron chi connectivity index (χ2n) is 4.05. The highest BCUT2D eigenvalue weighted by atomic mass is 16.5. The van der Waals surface area contributed by atoms with Gasteiger partial charge in [-0.3, -0.25) is 0 Å². The molecule has 7 heteroatoms. The molecule has 6 nitrogen and oxygen atoms in total. The molecule has 0 aromatic heterocycles. The van der Waals surface area contributed by atoms with Crippen molar-refractivity contribution in [2.75, 3.05) is 7.11 Å². The monoisotopic (exact) mass is 287 g/mol. The van der Waals surface area contributed by atoms with Crippen LogP contribution >= 0.6 is 0 Å². The number of esters is 1. The first-order valence-corrected chi connectivity index (χ1v) is 6.06. The molecule has 1 amide bonds. The topological polar surface area (TPSA) is 81.7 Å². The van der Waals surface area contributed by atoms with Crippen LogP contribution in [0.5, 0.6) is 5.75 Å². The van der Waals surface area contributed by atoms with Crippen LogP contribution in [-0.4, -0.2) is 38.7 Å². The van der Waals surface area contributed by atoms with Crippen LogP contribution in [0.4, 0.5) is 4.79 Å². The van der Waals surface area contributed by atoms with Gasteiger partial charge in [0.05, 0.1) is 12.8 Å². The summed E-state index contributed by atoms with van der Waals surface area (Å²) in [5.74, 6) is -0.418. The number of nitrogens with one attached hydrogen (secondary N) is 1. The minimum atomic E-state index is -0.884. The van der Waals surface area contributed by atoms with E-state index < -0.39 is 23.8 Å². The summed E-state index contributed by atoms with van der Waals surface area (Å²) >= 11 is 0. The molecule has 1 aromatic rings. The number of allylic oxidation sites excluding steroid dienone is 1. The third kappa shape index (κ3) is 5.52. The number of carbonyl (C=O) groups excluding carboxylic acids is 3. The fourth-order valence-electron chi connectivity index (χ4n) is 1.37. The van der Waals surface area contributed by atoms with E-state index in [1.54, 1.807) is 24.3 Å². The number of amides is 1. The van der Waals surface area contributed by atoms with Crippen molar-refractivity contribution in [2.24, 2.45) is 0 Å². The molecule has 1 rings (SSSR count). The molecule has 0 aliphatic rings. The summed E-state index contributed by atoms with van der Waals surface area (Å²) in [5, 5.41) is 2.29. The number of para-hydroxylation sites is 1. The summed E-state index contributed by atoms with van der Waals surface area (Å²) in [5.41, 5.74) is -0.105. The Kier molecular flexibility index (Phi) is 6.19. The molecule has 0 spiro atoms. The summed E-state index contributed by atoms with van der Waals surface area (Å²) < 4.78 is 9.56. The van der Waals surface area contributed by atoms with Crippen molar-refractivity contribution in [1.82, 2.24) is 5.32 Å². The van der Waals surface area contributed by atoms with E-state index in [2.05, 4.69) is 10.1 Å². The normalized spacial score (nSPS) is 11.7. The van der Waals surface area contributed by atoms with Gasteiger partial charge in [-0.2, -0.15) is 0 Å². The quantitative estimate of drug-likeness (QED) is 0.379. The Labute approximate surface area is 123 Å². The van der Waals surface area contributed by atoms with Gasteiger partial charge in [-0.05, 0) is 25.1 Å². The first-order valence-electron chi connectivity index (χ1n) is 6.06. The highest BCUT2D eigenvalue weighted by Gasteiger charge is 2.18. The Bertz CT molecular complexity index is 570. The van der Waals surface area contributed by atoms with Gasteiger partial charge in [-0.1, -0.05) is 18.2 Å². The lowest BCUT2D eigenvalue weighted by atomic mass is 10.0. The van der Waals surface area contributed by atoms with Crippen molar-refractivity contribution in [2.45, 2.75) is 13.0 Å². The molecule has 1 atom stereocenters. The Balaban J connectivity index is 2.80. The number of carbonyl (C=O) groups is 3. The molecule has 0 bridgehead atoms. The van der Waals surface area contributed by atoms with E-state index in [4.69, 9.17) is 12.6 Å². The van der Waals surface area contributed by atoms with E-state index in [0.717, 1.165) is 6.08 Å². The fraction of sp³-hybridized carbons (Fsp3) is 0.214. The molecule has 0 heterocycles. The molecule has 0 fully saturated rings. The van der Waals surface area contributed by atoms with E-state index in [1.165, 1.54) is 20.1 Å². The van der Waals surface area contributed by atoms with Crippen LogP contribution in [0.2, 0.25) is 0 Å². The van der Waals surface area contributed by atoms with Crippen LogP contribution in [0.25, 0.3) is 6.08 Å². The molecule has 1 aromatic carbocycles. The van der Waals surface area contributed by atoms with E-state index in [0.29, 0.717) is 5.56 Å². The van der Waals surface area contributed by atoms with Crippen LogP contribution in [0.15, 0.2) is 30.3 Å². The van der Waals surface area contributed by atoms with Gasteiger partial charge in [-0.25, -0.2) is 9.59 Å². The maximum absolute atomic E-state index is 11.8. The Morgan fingerprint density at radius 1 is 1.29 bits per heavy atom. The highest BCUT2D eigenvalue weighted by molar-refractivity contribution is 6.61. The van der Waals surface area contributed by atoms with Crippen LogP contribution in [0.1, 0.15) is 12.5 Å². The smallest absolute Gasteiger partial charge is 0.407 e. The minimum Gasteiger partial charge on any atom is -0.453 e. The van der Waals surface area contributed by atoms with Gasteiger partial charge in [0.1, 0.15) is 11.8 Å². The molecule has 0 aliphatic carbocycles. The molecule has 0 saturated heterocycles. The third-order valence-electron chi connectivity index (χ3n) is 2.43. The number of methoxy groups -OCH3 is 1. The van der Waals surface area contributed by atoms with E-state index >= 15 is 0 Å². The molecule has 2 radical (unpaired) electrons. The van der Waals surface area contributed by atoms with Crippen molar-refractivity contribution in [3.8, 4) is 5.75 Å². The number of rotatable bonds is 5. The molecule has 0 saturated carbocycles. The number of ether oxygens (including phenoxy) is 2. The average Bonchev–Trinajstić information content (AvgIpc) is 2.45. The second kappa shape index (κ2) is 7.89. The lowest BCUT2D eigenvalue weighted by Gasteiger charge is -2.13. The van der Waals surface area contributed by atoms with Crippen molar-refractivity contribution in [3.63, 3.8) is 0 Å². The van der Waals surface area contributed by atoms with Gasteiger partial charge >= 0.3 is 12.1 Å². The lowest BCUT2D eigenvalue weighted by molar-refractivity contribution is -0.136. The first-order chi connectivity index (χ1) is 9.93. The van der Waals surface area contributed by atoms with Crippen LogP contribution in [0, 0.1) is 0 Å². The van der Waals surface area contributed by atoms with Gasteiger partial charge in [0.25, 0.3) is 0 Å². The largest absolute Gasteiger partial charge is 0.453 e. The first kappa shape index (κ1) is 16.5. The van der Waals surface area contributed by atoms with Gasteiger partial charge in [0.2, 0.25) is 0 Å². The van der Waals surface area contributed by atoms with Crippen molar-refractivity contribution >= 4 is 31.7 Å². The molecule has 108 valence electrons. The van der Waals surface area contributed by atoms with Crippen LogP contribution < -0.4 is 10.1 Å². The summed E-state index contributed by atoms with van der Waals surface area (Å²) in [4.78, 5) is 33.6. The molecule has 0 aliphatic heterocycles. The fourth-order valence-corrected chi connectivity index (χ4v) is 1.37. The van der Waals surface area contributed by atoms with E-state index in [-0.39, 0.29) is 5.75 Å². The van der Waals surface area contributed by atoms with Crippen LogP contribution in [0.3, 0.4) is 0 Å². The van der Waals surface area contributed by atoms with Crippen molar-refractivity contribution in [3.05, 3.63) is 35.9 Å². The third-order valence-corrected chi connectivity index (χ3v) is 2.43. The predicted octanol–water partition coefficient (Wildman–Crippen LogP) is 1.04. The molecular formula is C14H14BNO5. The maximum Gasteiger partial charge on any atom is 0.407 e. The van der Waals surface area contributed by atoms with E-state index in [1.807, 2.05) is 0 Å². The maximum atomic E-state index is 11.8. The average molecular weight is 287 g/mol. The Hall–Kier alpha value is -2.57. The molecule has 1 unspecified atom stereocenters. The number of alkyl carbamates (subject to hydrolysis) is 1. The summed E-state index contributed by atoms with van der Waals surface area (Å²) in [7, 11) is 6.21. The summed E-state index contributed by atoms with van der Waals surface area (Å²) in [6.07, 6.45) is 1.85. The van der Waals surface area contributed by atoms with Crippen molar-refractivity contribution < 1.29 is 23.9 Å². The van der Waals surface area contributed by atoms with Gasteiger partial charge in [0.15, 0.2) is 7.85 Å². The standard InChI is InChI=1S/C14H14BNO5/c1-9(16-14(19)20-2)13(18)21-11-6-4-3-5-10(11)7-8-12(15)17/h3-9H,1-2H3,(H,16,19)/b8-7+. The SMILES string of the molecule is [B]C(=O)/C=C/c1ccccc1OC(=O)C(C)NC(=O)OC. The molecule has 1 N–H and O–H groups in total. The zero-order valence-electron chi connectivity index (χ0n) is 11.7.